The van der Waals surface area contributed by atoms with Crippen LogP contribution in [0.3, 0.4) is 0 Å². The quantitative estimate of drug-likeness (QED) is 0.666. The largest absolute Gasteiger partial charge is 0.367 e. The minimum absolute atomic E-state index is 0.0252. The maximum atomic E-state index is 11.9. The topological polar surface area (TPSA) is 106 Å². The van der Waals surface area contributed by atoms with E-state index in [2.05, 4.69) is 15.4 Å². The zero-order valence-corrected chi connectivity index (χ0v) is 10.6. The van der Waals surface area contributed by atoms with Crippen molar-refractivity contribution in [1.29, 1.82) is 0 Å². The number of amides is 2. The highest BCUT2D eigenvalue weighted by atomic mass is 16.2. The van der Waals surface area contributed by atoms with Crippen molar-refractivity contribution >= 4 is 17.8 Å². The van der Waals surface area contributed by atoms with Crippen molar-refractivity contribution in [2.45, 2.75) is 20.4 Å². The zero-order valence-electron chi connectivity index (χ0n) is 10.6. The number of hydrogen-bond donors (Lipinski definition) is 2. The zero-order chi connectivity index (χ0) is 13.5. The van der Waals surface area contributed by atoms with E-state index in [1.54, 1.807) is 0 Å². The van der Waals surface area contributed by atoms with Gasteiger partial charge in [0.25, 0.3) is 0 Å². The lowest BCUT2D eigenvalue weighted by Crippen LogP contribution is -2.42. The molecule has 0 aromatic carbocycles. The molecule has 0 bridgehead atoms. The van der Waals surface area contributed by atoms with Crippen molar-refractivity contribution in [3.63, 3.8) is 0 Å². The normalized spacial score (nSPS) is 10.1. The van der Waals surface area contributed by atoms with Gasteiger partial charge in [-0.15, -0.1) is 5.10 Å². The Balaban J connectivity index is 2.54. The van der Waals surface area contributed by atoms with Crippen LogP contribution in [0, 0.1) is 0 Å². The molecule has 18 heavy (non-hydrogen) atoms. The number of carbonyl (C=O) groups is 2. The Morgan fingerprint density at radius 1 is 1.50 bits per heavy atom. The molecule has 1 heterocycles. The Morgan fingerprint density at radius 2 is 2.22 bits per heavy atom. The fraction of sp³-hybridized carbons (Fsp3) is 0.600. The molecule has 1 aromatic heterocycles. The summed E-state index contributed by atoms with van der Waals surface area (Å²) in [7, 11) is 0. The molecular weight excluding hydrogens is 236 g/mol. The fourth-order valence-corrected chi connectivity index (χ4v) is 1.43. The van der Waals surface area contributed by atoms with E-state index in [0.717, 1.165) is 0 Å². The molecule has 0 saturated heterocycles. The molecule has 8 heteroatoms. The van der Waals surface area contributed by atoms with Crippen LogP contribution in [-0.2, 0) is 16.1 Å². The molecule has 0 fully saturated rings. The minimum atomic E-state index is -0.200. The molecule has 0 spiro atoms. The lowest BCUT2D eigenvalue weighted by molar-refractivity contribution is -0.136. The highest BCUT2D eigenvalue weighted by molar-refractivity contribution is 5.84. The summed E-state index contributed by atoms with van der Waals surface area (Å²) in [5.74, 6) is -0.256. The molecule has 0 aliphatic carbocycles. The molecule has 0 saturated carbocycles. The summed E-state index contributed by atoms with van der Waals surface area (Å²) < 4.78 is 1.35. The van der Waals surface area contributed by atoms with Gasteiger partial charge in [-0.2, -0.15) is 0 Å². The number of likely N-dealkylation sites (N-methyl/N-ethyl adjacent to an activating group) is 2. The second-order valence-corrected chi connectivity index (χ2v) is 3.66. The first-order valence-corrected chi connectivity index (χ1v) is 5.76. The maximum Gasteiger partial charge on any atom is 0.244 e. The lowest BCUT2D eigenvalue weighted by Gasteiger charge is -2.19. The molecule has 0 aliphatic rings. The van der Waals surface area contributed by atoms with E-state index >= 15 is 0 Å². The lowest BCUT2D eigenvalue weighted by atomic mass is 10.4. The van der Waals surface area contributed by atoms with Gasteiger partial charge in [0, 0.05) is 13.1 Å². The van der Waals surface area contributed by atoms with Gasteiger partial charge in [0.15, 0.2) is 0 Å². The van der Waals surface area contributed by atoms with E-state index < -0.39 is 0 Å². The van der Waals surface area contributed by atoms with Crippen LogP contribution in [0.4, 0.5) is 5.95 Å². The number of nitrogens with zero attached hydrogens (tertiary/aromatic N) is 4. The summed E-state index contributed by atoms with van der Waals surface area (Å²) in [5.41, 5.74) is 5.35. The van der Waals surface area contributed by atoms with Gasteiger partial charge in [0.05, 0.1) is 6.54 Å². The number of nitrogen functional groups attached to an aromatic ring is 1. The average Bonchev–Trinajstić information content (AvgIpc) is 2.72. The van der Waals surface area contributed by atoms with Crippen LogP contribution < -0.4 is 11.1 Å². The number of carbonyl (C=O) groups excluding carboxylic acids is 2. The molecule has 0 atom stereocenters. The summed E-state index contributed by atoms with van der Waals surface area (Å²) in [6.45, 7) is 4.72. The Morgan fingerprint density at radius 3 is 2.72 bits per heavy atom. The first-order valence-electron chi connectivity index (χ1n) is 5.76. The van der Waals surface area contributed by atoms with Crippen molar-refractivity contribution < 1.29 is 9.59 Å². The van der Waals surface area contributed by atoms with E-state index in [1.165, 1.54) is 15.9 Å². The Labute approximate surface area is 105 Å². The van der Waals surface area contributed by atoms with Gasteiger partial charge in [-0.05, 0) is 13.8 Å². The number of anilines is 1. The van der Waals surface area contributed by atoms with Crippen LogP contribution in [-0.4, -0.2) is 51.1 Å². The molecule has 1 aromatic rings. The molecule has 2 amide bonds. The smallest absolute Gasteiger partial charge is 0.244 e. The Hall–Kier alpha value is -2.12. The molecule has 0 unspecified atom stereocenters. The molecule has 8 nitrogen and oxygen atoms in total. The molecular formula is C10H18N6O2. The first kappa shape index (κ1) is 13.9. The van der Waals surface area contributed by atoms with E-state index in [9.17, 15) is 9.59 Å². The van der Waals surface area contributed by atoms with Crippen molar-refractivity contribution in [1.82, 2.24) is 25.0 Å². The number of rotatable bonds is 6. The molecule has 3 N–H and O–H groups in total. The standard InChI is InChI=1S/C10H18N6O2/c1-3-12-8(17)5-15(4-2)9(18)6-16-7-13-10(11)14-16/h7H,3-6H2,1-2H3,(H2,11,14)(H,12,17). The second kappa shape index (κ2) is 6.58. The van der Waals surface area contributed by atoms with Gasteiger partial charge in [-0.25, -0.2) is 9.67 Å². The minimum Gasteiger partial charge on any atom is -0.367 e. The van der Waals surface area contributed by atoms with Crippen LogP contribution in [0.5, 0.6) is 0 Å². The van der Waals surface area contributed by atoms with Gasteiger partial charge < -0.3 is 16.0 Å². The van der Waals surface area contributed by atoms with E-state index in [1.807, 2.05) is 13.8 Å². The van der Waals surface area contributed by atoms with E-state index in [4.69, 9.17) is 5.73 Å². The number of aromatic nitrogens is 3. The van der Waals surface area contributed by atoms with Crippen molar-refractivity contribution in [3.05, 3.63) is 6.33 Å². The van der Waals surface area contributed by atoms with E-state index in [-0.39, 0.29) is 30.9 Å². The van der Waals surface area contributed by atoms with E-state index in [0.29, 0.717) is 13.1 Å². The molecule has 1 rings (SSSR count). The first-order chi connectivity index (χ1) is 8.56. The number of nitrogens with one attached hydrogen (secondary N) is 1. The van der Waals surface area contributed by atoms with Gasteiger partial charge in [0.2, 0.25) is 17.8 Å². The van der Waals surface area contributed by atoms with Crippen molar-refractivity contribution in [3.8, 4) is 0 Å². The third-order valence-electron chi connectivity index (χ3n) is 2.29. The van der Waals surface area contributed by atoms with Crippen LogP contribution in [0.1, 0.15) is 13.8 Å². The van der Waals surface area contributed by atoms with Crippen molar-refractivity contribution in [2.75, 3.05) is 25.4 Å². The van der Waals surface area contributed by atoms with Gasteiger partial charge in [-0.3, -0.25) is 9.59 Å². The summed E-state index contributed by atoms with van der Waals surface area (Å²) in [6, 6.07) is 0. The summed E-state index contributed by atoms with van der Waals surface area (Å²) in [4.78, 5) is 28.5. The predicted octanol–water partition coefficient (Wildman–Crippen LogP) is -1.16. The van der Waals surface area contributed by atoms with Gasteiger partial charge in [-0.1, -0.05) is 0 Å². The monoisotopic (exact) mass is 254 g/mol. The maximum absolute atomic E-state index is 11.9. The summed E-state index contributed by atoms with van der Waals surface area (Å²) in [5, 5.41) is 6.46. The van der Waals surface area contributed by atoms with Gasteiger partial charge in [0.1, 0.15) is 12.9 Å². The van der Waals surface area contributed by atoms with Crippen LogP contribution >= 0.6 is 0 Å². The third kappa shape index (κ3) is 4.04. The van der Waals surface area contributed by atoms with Gasteiger partial charge >= 0.3 is 0 Å². The van der Waals surface area contributed by atoms with Crippen LogP contribution in [0.2, 0.25) is 0 Å². The number of nitrogens with two attached hydrogens (primary N) is 1. The third-order valence-corrected chi connectivity index (χ3v) is 2.29. The Kier molecular flexibility index (Phi) is 5.09. The molecule has 100 valence electrons. The van der Waals surface area contributed by atoms with Crippen LogP contribution in [0.15, 0.2) is 6.33 Å². The summed E-state index contributed by atoms with van der Waals surface area (Å²) >= 11 is 0. The van der Waals surface area contributed by atoms with Crippen LogP contribution in [0.25, 0.3) is 0 Å². The fourth-order valence-electron chi connectivity index (χ4n) is 1.43. The SMILES string of the molecule is CCNC(=O)CN(CC)C(=O)Cn1cnc(N)n1. The highest BCUT2D eigenvalue weighted by Gasteiger charge is 2.15. The van der Waals surface area contributed by atoms with Crippen molar-refractivity contribution in [2.24, 2.45) is 0 Å². The number of hydrogen-bond acceptors (Lipinski definition) is 5. The Bertz CT molecular complexity index is 416. The molecule has 0 radical (unpaired) electrons. The highest BCUT2D eigenvalue weighted by Crippen LogP contribution is 1.95. The summed E-state index contributed by atoms with van der Waals surface area (Å²) in [6.07, 6.45) is 1.38. The predicted molar refractivity (Wildman–Crippen MR) is 65.4 cm³/mol. The second-order valence-electron chi connectivity index (χ2n) is 3.66. The molecule has 0 aliphatic heterocycles. The average molecular weight is 254 g/mol.